The molecule has 0 aromatic carbocycles. The van der Waals surface area contributed by atoms with Gasteiger partial charge in [-0.2, -0.15) is 0 Å². The van der Waals surface area contributed by atoms with E-state index in [1.807, 2.05) is 18.2 Å². The van der Waals surface area contributed by atoms with Gasteiger partial charge in [0.25, 0.3) is 0 Å². The van der Waals surface area contributed by atoms with Crippen LogP contribution < -0.4 is 5.32 Å². The molecule has 11 heavy (non-hydrogen) atoms. The fraction of sp³-hybridized carbons (Fsp3) is 0.375. The monoisotopic (exact) mass is 153 g/mol. The van der Waals surface area contributed by atoms with Crippen molar-refractivity contribution in [1.82, 2.24) is 5.32 Å². The van der Waals surface area contributed by atoms with E-state index in [1.54, 1.807) is 7.05 Å². The Morgan fingerprint density at radius 1 is 1.82 bits per heavy atom. The Morgan fingerprint density at radius 2 is 2.64 bits per heavy atom. The van der Waals surface area contributed by atoms with Crippen LogP contribution in [0.5, 0.6) is 0 Å². The van der Waals surface area contributed by atoms with Crippen LogP contribution in [0.1, 0.15) is 6.42 Å². The van der Waals surface area contributed by atoms with Gasteiger partial charge >= 0.3 is 6.09 Å². The van der Waals surface area contributed by atoms with Gasteiger partial charge in [0, 0.05) is 7.05 Å². The number of alkyl carbamates (subject to hydrolysis) is 1. The summed E-state index contributed by atoms with van der Waals surface area (Å²) in [7, 11) is 1.54. The van der Waals surface area contributed by atoms with Crippen LogP contribution in [0.25, 0.3) is 0 Å². The molecule has 0 bridgehead atoms. The van der Waals surface area contributed by atoms with Crippen LogP contribution in [0.3, 0.4) is 0 Å². The van der Waals surface area contributed by atoms with Crippen molar-refractivity contribution in [2.75, 3.05) is 13.7 Å². The first-order valence-electron chi connectivity index (χ1n) is 3.53. The minimum atomic E-state index is -0.383. The Balaban J connectivity index is 2.22. The van der Waals surface area contributed by atoms with Gasteiger partial charge in [0.2, 0.25) is 0 Å². The van der Waals surface area contributed by atoms with Crippen LogP contribution in [0.4, 0.5) is 4.79 Å². The maximum atomic E-state index is 10.6. The van der Waals surface area contributed by atoms with Crippen LogP contribution >= 0.6 is 0 Å². The molecule has 1 N–H and O–H groups in total. The van der Waals surface area contributed by atoms with E-state index >= 15 is 0 Å². The van der Waals surface area contributed by atoms with Gasteiger partial charge in [0.1, 0.15) is 6.61 Å². The topological polar surface area (TPSA) is 38.3 Å². The van der Waals surface area contributed by atoms with Crippen LogP contribution in [0.15, 0.2) is 23.8 Å². The Bertz CT molecular complexity index is 206. The number of ether oxygens (including phenoxy) is 1. The van der Waals surface area contributed by atoms with E-state index in [2.05, 4.69) is 5.32 Å². The molecule has 0 fully saturated rings. The van der Waals surface area contributed by atoms with E-state index in [0.29, 0.717) is 6.61 Å². The van der Waals surface area contributed by atoms with Gasteiger partial charge in [-0.3, -0.25) is 0 Å². The average molecular weight is 153 g/mol. The summed E-state index contributed by atoms with van der Waals surface area (Å²) in [6, 6.07) is 0. The number of hydrogen-bond acceptors (Lipinski definition) is 2. The number of amides is 1. The molecule has 0 saturated heterocycles. The molecule has 0 aliphatic heterocycles. The summed E-state index contributed by atoms with van der Waals surface area (Å²) in [5.74, 6) is 0. The highest BCUT2D eigenvalue weighted by Gasteiger charge is 2.01. The van der Waals surface area contributed by atoms with Gasteiger partial charge in [-0.15, -0.1) is 0 Å². The molecule has 3 heteroatoms. The third kappa shape index (κ3) is 2.45. The third-order valence-corrected chi connectivity index (χ3v) is 1.42. The van der Waals surface area contributed by atoms with Crippen LogP contribution in [0, 0.1) is 0 Å². The average Bonchev–Trinajstić information content (AvgIpc) is 2.52. The summed E-state index contributed by atoms with van der Waals surface area (Å²) in [5.41, 5.74) is 1.06. The standard InChI is InChI=1S/C8H11NO2/c1-9-8(10)11-6-7-4-2-3-5-7/h2,4-5H,3,6H2,1H3,(H,9,10). The minimum absolute atomic E-state index is 0.371. The molecule has 0 spiro atoms. The Labute approximate surface area is 65.7 Å². The van der Waals surface area contributed by atoms with Gasteiger partial charge in [-0.05, 0) is 12.0 Å². The summed E-state index contributed by atoms with van der Waals surface area (Å²) in [5, 5.41) is 2.38. The molecule has 0 unspecified atom stereocenters. The van der Waals surface area contributed by atoms with Gasteiger partial charge in [-0.25, -0.2) is 4.79 Å². The zero-order chi connectivity index (χ0) is 8.10. The zero-order valence-electron chi connectivity index (χ0n) is 6.46. The highest BCUT2D eigenvalue weighted by molar-refractivity contribution is 5.66. The van der Waals surface area contributed by atoms with E-state index in [9.17, 15) is 4.79 Å². The summed E-state index contributed by atoms with van der Waals surface area (Å²) in [6.45, 7) is 0.371. The predicted molar refractivity (Wildman–Crippen MR) is 42.2 cm³/mol. The lowest BCUT2D eigenvalue weighted by atomic mass is 10.3. The lowest BCUT2D eigenvalue weighted by molar-refractivity contribution is 0.159. The second kappa shape index (κ2) is 3.81. The Kier molecular flexibility index (Phi) is 2.72. The van der Waals surface area contributed by atoms with E-state index in [4.69, 9.17) is 4.74 Å². The molecule has 0 aromatic heterocycles. The summed E-state index contributed by atoms with van der Waals surface area (Å²) in [6.07, 6.45) is 6.59. The van der Waals surface area contributed by atoms with Crippen molar-refractivity contribution in [1.29, 1.82) is 0 Å². The van der Waals surface area contributed by atoms with Gasteiger partial charge in [0.05, 0.1) is 0 Å². The maximum Gasteiger partial charge on any atom is 0.407 e. The number of carbonyl (C=O) groups is 1. The molecule has 60 valence electrons. The first-order chi connectivity index (χ1) is 5.33. The third-order valence-electron chi connectivity index (χ3n) is 1.42. The molecule has 0 heterocycles. The van der Waals surface area contributed by atoms with Crippen molar-refractivity contribution in [3.8, 4) is 0 Å². The summed E-state index contributed by atoms with van der Waals surface area (Å²) < 4.78 is 4.81. The van der Waals surface area contributed by atoms with Crippen molar-refractivity contribution in [3.63, 3.8) is 0 Å². The summed E-state index contributed by atoms with van der Waals surface area (Å²) in [4.78, 5) is 10.6. The molecule has 1 aliphatic rings. The van der Waals surface area contributed by atoms with E-state index in [-0.39, 0.29) is 6.09 Å². The molecule has 0 radical (unpaired) electrons. The van der Waals surface area contributed by atoms with Crippen molar-refractivity contribution in [2.24, 2.45) is 0 Å². The first-order valence-corrected chi connectivity index (χ1v) is 3.53. The smallest absolute Gasteiger partial charge is 0.407 e. The van der Waals surface area contributed by atoms with Crippen LogP contribution in [-0.4, -0.2) is 19.7 Å². The molecule has 0 saturated carbocycles. The van der Waals surface area contributed by atoms with Crippen molar-refractivity contribution in [2.45, 2.75) is 6.42 Å². The van der Waals surface area contributed by atoms with Crippen molar-refractivity contribution < 1.29 is 9.53 Å². The Hall–Kier alpha value is -1.25. The predicted octanol–water partition coefficient (Wildman–Crippen LogP) is 1.23. The van der Waals surface area contributed by atoms with Crippen LogP contribution in [-0.2, 0) is 4.74 Å². The van der Waals surface area contributed by atoms with E-state index in [0.717, 1.165) is 12.0 Å². The molecule has 1 rings (SSSR count). The molecule has 1 aliphatic carbocycles. The highest BCUT2D eigenvalue weighted by atomic mass is 16.5. The van der Waals surface area contributed by atoms with Crippen LogP contribution in [0.2, 0.25) is 0 Å². The molecule has 0 aromatic rings. The molecule has 1 amide bonds. The number of allylic oxidation sites excluding steroid dienone is 2. The SMILES string of the molecule is CNC(=O)OCC1=CCC=C1. The van der Waals surface area contributed by atoms with Gasteiger partial charge in [0.15, 0.2) is 0 Å². The minimum Gasteiger partial charge on any atom is -0.445 e. The number of carbonyl (C=O) groups excluding carboxylic acids is 1. The van der Waals surface area contributed by atoms with Crippen molar-refractivity contribution >= 4 is 6.09 Å². The fourth-order valence-electron chi connectivity index (χ4n) is 0.835. The summed E-state index contributed by atoms with van der Waals surface area (Å²) >= 11 is 0. The quantitative estimate of drug-likeness (QED) is 0.648. The molecule has 3 nitrogen and oxygen atoms in total. The molecular weight excluding hydrogens is 142 g/mol. The lowest BCUT2D eigenvalue weighted by Gasteiger charge is -2.01. The van der Waals surface area contributed by atoms with E-state index < -0.39 is 0 Å². The molecule has 0 atom stereocenters. The lowest BCUT2D eigenvalue weighted by Crippen LogP contribution is -2.19. The largest absolute Gasteiger partial charge is 0.445 e. The van der Waals surface area contributed by atoms with E-state index in [1.165, 1.54) is 0 Å². The second-order valence-corrected chi connectivity index (χ2v) is 2.24. The van der Waals surface area contributed by atoms with Gasteiger partial charge < -0.3 is 10.1 Å². The maximum absolute atomic E-state index is 10.6. The number of nitrogens with one attached hydrogen (secondary N) is 1. The number of rotatable bonds is 2. The highest BCUT2D eigenvalue weighted by Crippen LogP contribution is 2.08. The Morgan fingerprint density at radius 3 is 3.18 bits per heavy atom. The number of hydrogen-bond donors (Lipinski definition) is 1. The normalized spacial score (nSPS) is 14.5. The van der Waals surface area contributed by atoms with Gasteiger partial charge in [-0.1, -0.05) is 18.2 Å². The first kappa shape index (κ1) is 7.85. The second-order valence-electron chi connectivity index (χ2n) is 2.24. The zero-order valence-corrected chi connectivity index (χ0v) is 6.46. The fourth-order valence-corrected chi connectivity index (χ4v) is 0.835. The molecular formula is C8H11NO2. The van der Waals surface area contributed by atoms with Crippen molar-refractivity contribution in [3.05, 3.63) is 23.8 Å².